The highest BCUT2D eigenvalue weighted by molar-refractivity contribution is 5.98. The van der Waals surface area contributed by atoms with Crippen molar-refractivity contribution in [1.29, 1.82) is 0 Å². The van der Waals surface area contributed by atoms with E-state index < -0.39 is 0 Å². The van der Waals surface area contributed by atoms with E-state index in [4.69, 9.17) is 0 Å². The van der Waals surface area contributed by atoms with Gasteiger partial charge in [-0.25, -0.2) is 4.98 Å². The number of piperidine rings is 1. The largest absolute Gasteiger partial charge is 0.335 e. The molecule has 6 heteroatoms. The van der Waals surface area contributed by atoms with E-state index in [-0.39, 0.29) is 17.5 Å². The first-order valence-corrected chi connectivity index (χ1v) is 8.77. The van der Waals surface area contributed by atoms with E-state index in [0.717, 1.165) is 31.4 Å². The number of fused-ring (bicyclic) bond motifs is 2. The van der Waals surface area contributed by atoms with Crippen molar-refractivity contribution in [2.75, 3.05) is 6.54 Å². The Morgan fingerprint density at radius 3 is 2.84 bits per heavy atom. The second-order valence-electron chi connectivity index (χ2n) is 6.97. The lowest BCUT2D eigenvalue weighted by atomic mass is 10.0. The second kappa shape index (κ2) is 5.72. The van der Waals surface area contributed by atoms with Crippen molar-refractivity contribution >= 4 is 22.6 Å². The molecule has 0 aliphatic carbocycles. The maximum atomic E-state index is 13.0. The third kappa shape index (κ3) is 2.35. The van der Waals surface area contributed by atoms with Crippen LogP contribution in [0.15, 0.2) is 29.2 Å². The normalized spacial score (nSPS) is 18.2. The van der Waals surface area contributed by atoms with Crippen molar-refractivity contribution in [3.05, 3.63) is 46.0 Å². The molecule has 1 atom stereocenters. The summed E-state index contributed by atoms with van der Waals surface area (Å²) in [5.41, 5.74) is 2.52. The molecule has 4 heterocycles. The van der Waals surface area contributed by atoms with E-state index in [0.29, 0.717) is 22.4 Å². The first kappa shape index (κ1) is 15.9. The molecule has 1 fully saturated rings. The van der Waals surface area contributed by atoms with Crippen LogP contribution in [-0.2, 0) is 7.05 Å². The third-order valence-corrected chi connectivity index (χ3v) is 5.31. The highest BCUT2D eigenvalue weighted by atomic mass is 16.2. The summed E-state index contributed by atoms with van der Waals surface area (Å²) >= 11 is 0. The zero-order valence-corrected chi connectivity index (χ0v) is 14.8. The molecule has 0 spiro atoms. The Morgan fingerprint density at radius 1 is 1.28 bits per heavy atom. The molecule has 1 saturated heterocycles. The minimum absolute atomic E-state index is 0.0159. The summed E-state index contributed by atoms with van der Waals surface area (Å²) in [5.74, 6) is -0.0159. The molecule has 4 rings (SSSR count). The molecular weight excluding hydrogens is 316 g/mol. The molecular formula is C19H22N4O2. The van der Waals surface area contributed by atoms with Crippen LogP contribution in [0.4, 0.5) is 0 Å². The number of amides is 1. The van der Waals surface area contributed by atoms with E-state index in [1.807, 2.05) is 31.0 Å². The van der Waals surface area contributed by atoms with Crippen LogP contribution >= 0.6 is 0 Å². The summed E-state index contributed by atoms with van der Waals surface area (Å²) in [6, 6.07) is 5.69. The Labute approximate surface area is 145 Å². The van der Waals surface area contributed by atoms with Gasteiger partial charge in [-0.1, -0.05) is 6.07 Å². The summed E-state index contributed by atoms with van der Waals surface area (Å²) in [4.78, 5) is 32.5. The topological polar surface area (TPSA) is 59.6 Å². The summed E-state index contributed by atoms with van der Waals surface area (Å²) in [7, 11) is 1.81. The SMILES string of the molecule is Cc1cccn2c(=O)c3cc(C(=O)N4CCCCC4C)n(C)c3nc12. The van der Waals surface area contributed by atoms with Gasteiger partial charge in [0.1, 0.15) is 17.0 Å². The van der Waals surface area contributed by atoms with Crippen molar-refractivity contribution in [2.45, 2.75) is 39.2 Å². The first-order valence-electron chi connectivity index (χ1n) is 8.77. The second-order valence-corrected chi connectivity index (χ2v) is 6.97. The zero-order chi connectivity index (χ0) is 17.7. The van der Waals surface area contributed by atoms with Crippen molar-refractivity contribution in [2.24, 2.45) is 7.05 Å². The third-order valence-electron chi connectivity index (χ3n) is 5.31. The van der Waals surface area contributed by atoms with E-state index in [1.165, 1.54) is 0 Å². The number of aromatic nitrogens is 3. The smallest absolute Gasteiger partial charge is 0.270 e. The van der Waals surface area contributed by atoms with Crippen molar-refractivity contribution in [1.82, 2.24) is 18.9 Å². The standard InChI is InChI=1S/C19H22N4O2/c1-12-7-6-10-23-16(12)20-17-14(18(23)24)11-15(21(17)3)19(25)22-9-5-4-8-13(22)2/h6-7,10-11,13H,4-5,8-9H2,1-3H3. The molecule has 0 saturated carbocycles. The Hall–Kier alpha value is -2.63. The Morgan fingerprint density at radius 2 is 2.08 bits per heavy atom. The average molecular weight is 338 g/mol. The molecule has 6 nitrogen and oxygen atoms in total. The highest BCUT2D eigenvalue weighted by Gasteiger charge is 2.27. The van der Waals surface area contributed by atoms with Crippen LogP contribution in [0.25, 0.3) is 16.7 Å². The van der Waals surface area contributed by atoms with E-state index in [9.17, 15) is 9.59 Å². The zero-order valence-electron chi connectivity index (χ0n) is 14.8. The summed E-state index contributed by atoms with van der Waals surface area (Å²) < 4.78 is 3.31. The van der Waals surface area contributed by atoms with Crippen LogP contribution in [0, 0.1) is 6.92 Å². The maximum Gasteiger partial charge on any atom is 0.270 e. The molecule has 0 bridgehead atoms. The van der Waals surface area contributed by atoms with Gasteiger partial charge in [0.25, 0.3) is 11.5 Å². The van der Waals surface area contributed by atoms with Gasteiger partial charge in [0.2, 0.25) is 0 Å². The number of nitrogens with zero attached hydrogens (tertiary/aromatic N) is 4. The molecule has 25 heavy (non-hydrogen) atoms. The first-order chi connectivity index (χ1) is 12.0. The van der Waals surface area contributed by atoms with Gasteiger partial charge in [0.05, 0.1) is 5.39 Å². The average Bonchev–Trinajstić information content (AvgIpc) is 2.93. The minimum Gasteiger partial charge on any atom is -0.335 e. The van der Waals surface area contributed by atoms with E-state index in [2.05, 4.69) is 11.9 Å². The fourth-order valence-electron chi connectivity index (χ4n) is 3.78. The summed E-state index contributed by atoms with van der Waals surface area (Å²) in [5, 5.41) is 0.485. The summed E-state index contributed by atoms with van der Waals surface area (Å²) in [6.07, 6.45) is 4.94. The summed E-state index contributed by atoms with van der Waals surface area (Å²) in [6.45, 7) is 4.79. The van der Waals surface area contributed by atoms with Gasteiger partial charge >= 0.3 is 0 Å². The molecule has 1 amide bonds. The van der Waals surface area contributed by atoms with Crippen LogP contribution in [0.5, 0.6) is 0 Å². The number of hydrogen-bond acceptors (Lipinski definition) is 3. The number of rotatable bonds is 1. The van der Waals surface area contributed by atoms with Crippen LogP contribution in [0.2, 0.25) is 0 Å². The van der Waals surface area contributed by atoms with Crippen molar-refractivity contribution in [3.63, 3.8) is 0 Å². The van der Waals surface area contributed by atoms with Gasteiger partial charge in [0.15, 0.2) is 0 Å². The molecule has 3 aromatic heterocycles. The molecule has 0 aromatic carbocycles. The predicted octanol–water partition coefficient (Wildman–Crippen LogP) is 2.51. The number of likely N-dealkylation sites (tertiary alicyclic amines) is 1. The lowest BCUT2D eigenvalue weighted by Crippen LogP contribution is -2.42. The lowest BCUT2D eigenvalue weighted by Gasteiger charge is -2.33. The molecule has 1 aliphatic heterocycles. The molecule has 1 aliphatic rings. The van der Waals surface area contributed by atoms with Gasteiger partial charge in [-0.05, 0) is 50.8 Å². The van der Waals surface area contributed by atoms with Gasteiger partial charge in [-0.2, -0.15) is 0 Å². The molecule has 3 aromatic rings. The Kier molecular flexibility index (Phi) is 3.63. The number of carbonyl (C=O) groups is 1. The minimum atomic E-state index is -0.134. The predicted molar refractivity (Wildman–Crippen MR) is 97.0 cm³/mol. The van der Waals surface area contributed by atoms with Crippen LogP contribution in [0.1, 0.15) is 42.2 Å². The maximum absolute atomic E-state index is 13.0. The van der Waals surface area contributed by atoms with E-state index >= 15 is 0 Å². The van der Waals surface area contributed by atoms with Gasteiger partial charge in [-0.3, -0.25) is 14.0 Å². The number of pyridine rings is 1. The van der Waals surface area contributed by atoms with Crippen LogP contribution in [-0.4, -0.2) is 37.3 Å². The molecule has 0 radical (unpaired) electrons. The molecule has 1 unspecified atom stereocenters. The number of aryl methyl sites for hydroxylation is 2. The molecule has 130 valence electrons. The number of carbonyl (C=O) groups excluding carboxylic acids is 1. The van der Waals surface area contributed by atoms with Crippen LogP contribution in [0.3, 0.4) is 0 Å². The highest BCUT2D eigenvalue weighted by Crippen LogP contribution is 2.22. The quantitative estimate of drug-likeness (QED) is 0.685. The monoisotopic (exact) mass is 338 g/mol. The van der Waals surface area contributed by atoms with Crippen molar-refractivity contribution < 1.29 is 4.79 Å². The fraction of sp³-hybridized carbons (Fsp3) is 0.421. The van der Waals surface area contributed by atoms with Gasteiger partial charge in [0, 0.05) is 25.8 Å². The Bertz CT molecular complexity index is 1050. The van der Waals surface area contributed by atoms with E-state index in [1.54, 1.807) is 21.2 Å². The van der Waals surface area contributed by atoms with Gasteiger partial charge in [-0.15, -0.1) is 0 Å². The lowest BCUT2D eigenvalue weighted by molar-refractivity contribution is 0.0626. The van der Waals surface area contributed by atoms with Gasteiger partial charge < -0.3 is 9.47 Å². The number of hydrogen-bond donors (Lipinski definition) is 0. The van der Waals surface area contributed by atoms with Crippen molar-refractivity contribution in [3.8, 4) is 0 Å². The Balaban J connectivity index is 1.92. The molecule has 0 N–H and O–H groups in total. The van der Waals surface area contributed by atoms with Crippen LogP contribution < -0.4 is 5.56 Å². The fourth-order valence-corrected chi connectivity index (χ4v) is 3.78.